The van der Waals surface area contributed by atoms with Crippen molar-refractivity contribution in [1.29, 1.82) is 0 Å². The summed E-state index contributed by atoms with van der Waals surface area (Å²) in [6, 6.07) is 11.6. The van der Waals surface area contributed by atoms with E-state index in [4.69, 9.17) is 16.3 Å². The fraction of sp³-hybridized carbons (Fsp3) is 0.333. The first kappa shape index (κ1) is 20.1. The zero-order valence-corrected chi connectivity index (χ0v) is 17.9. The summed E-state index contributed by atoms with van der Waals surface area (Å²) in [6.07, 6.45) is 7.97. The van der Waals surface area contributed by atoms with Crippen molar-refractivity contribution in [2.75, 3.05) is 29.9 Å². The van der Waals surface area contributed by atoms with Gasteiger partial charge in [0.15, 0.2) is 11.6 Å². The van der Waals surface area contributed by atoms with E-state index in [1.807, 2.05) is 43.3 Å². The highest BCUT2D eigenvalue weighted by atomic mass is 16.5. The Hall–Kier alpha value is -3.86. The van der Waals surface area contributed by atoms with Gasteiger partial charge in [-0.15, -0.1) is 16.6 Å². The molecular weight excluding hydrogens is 404 g/mol. The van der Waals surface area contributed by atoms with Crippen molar-refractivity contribution in [1.82, 2.24) is 20.0 Å². The van der Waals surface area contributed by atoms with Crippen molar-refractivity contribution < 1.29 is 9.53 Å². The number of terminal acetylenes is 1. The summed E-state index contributed by atoms with van der Waals surface area (Å²) in [6.45, 7) is 4.19. The van der Waals surface area contributed by atoms with Crippen LogP contribution in [0.5, 0.6) is 5.75 Å². The number of anilines is 2. The number of aromatic nitrogens is 4. The lowest BCUT2D eigenvalue weighted by Crippen LogP contribution is -2.25. The summed E-state index contributed by atoms with van der Waals surface area (Å²) in [5, 5.41) is 16.5. The predicted octanol–water partition coefficient (Wildman–Crippen LogP) is 3.06. The highest BCUT2D eigenvalue weighted by Gasteiger charge is 2.33. The number of fused-ring (bicyclic) bond motifs is 1. The van der Waals surface area contributed by atoms with Gasteiger partial charge in [-0.05, 0) is 49.6 Å². The highest BCUT2D eigenvalue weighted by Crippen LogP contribution is 2.40. The van der Waals surface area contributed by atoms with Crippen LogP contribution in [0, 0.1) is 19.3 Å². The third-order valence-electron chi connectivity index (χ3n) is 5.99. The number of carbonyl (C=O) groups excluding carboxylic acids is 1. The van der Waals surface area contributed by atoms with Gasteiger partial charge in [0, 0.05) is 31.0 Å². The molecule has 0 unspecified atom stereocenters. The zero-order chi connectivity index (χ0) is 22.1. The normalized spacial score (nSPS) is 17.6. The van der Waals surface area contributed by atoms with Crippen LogP contribution in [-0.2, 0) is 4.79 Å². The van der Waals surface area contributed by atoms with E-state index in [1.165, 1.54) is 12.8 Å². The zero-order valence-electron chi connectivity index (χ0n) is 17.9. The lowest BCUT2D eigenvalue weighted by Gasteiger charge is -2.24. The van der Waals surface area contributed by atoms with Gasteiger partial charge in [0.1, 0.15) is 18.2 Å². The van der Waals surface area contributed by atoms with Gasteiger partial charge in [-0.25, -0.2) is 0 Å². The van der Waals surface area contributed by atoms with E-state index >= 15 is 0 Å². The second kappa shape index (κ2) is 8.35. The largest absolute Gasteiger partial charge is 0.481 e. The molecule has 0 bridgehead atoms. The molecule has 32 heavy (non-hydrogen) atoms. The summed E-state index contributed by atoms with van der Waals surface area (Å²) in [5.41, 5.74) is 2.86. The molecule has 8 heteroatoms. The number of rotatable bonds is 5. The molecule has 4 heterocycles. The number of benzene rings is 1. The summed E-state index contributed by atoms with van der Waals surface area (Å²) < 4.78 is 7.15. The Bertz CT molecular complexity index is 1170. The number of nitrogens with zero attached hydrogens (tertiary/aromatic N) is 5. The molecule has 1 N–H and O–H groups in total. The van der Waals surface area contributed by atoms with E-state index in [-0.39, 0.29) is 18.4 Å². The molecule has 1 amide bonds. The summed E-state index contributed by atoms with van der Waals surface area (Å²) in [4.78, 5) is 14.8. The second-order valence-corrected chi connectivity index (χ2v) is 8.07. The Kier molecular flexibility index (Phi) is 5.23. The SMILES string of the molecule is C#CCOc1ccc([C@H]2CC(=O)Nc3c2c(C)nn3-c2ccc(N3CCCC3)nn2)cc1. The lowest BCUT2D eigenvalue weighted by molar-refractivity contribution is -0.116. The molecule has 0 aliphatic carbocycles. The van der Waals surface area contributed by atoms with Crippen LogP contribution in [0.25, 0.3) is 5.82 Å². The second-order valence-electron chi connectivity index (χ2n) is 8.07. The van der Waals surface area contributed by atoms with Gasteiger partial charge in [-0.3, -0.25) is 4.79 Å². The van der Waals surface area contributed by atoms with Gasteiger partial charge in [0.05, 0.1) is 5.69 Å². The number of nitrogens with one attached hydrogen (secondary N) is 1. The van der Waals surface area contributed by atoms with E-state index in [9.17, 15) is 4.79 Å². The van der Waals surface area contributed by atoms with E-state index in [1.54, 1.807) is 4.68 Å². The number of aryl methyl sites for hydroxylation is 1. The van der Waals surface area contributed by atoms with Gasteiger partial charge in [0.25, 0.3) is 0 Å². The minimum absolute atomic E-state index is 0.0574. The summed E-state index contributed by atoms with van der Waals surface area (Å²) >= 11 is 0. The van der Waals surface area contributed by atoms with E-state index < -0.39 is 0 Å². The average Bonchev–Trinajstić information content (AvgIpc) is 3.46. The number of carbonyl (C=O) groups is 1. The quantitative estimate of drug-likeness (QED) is 0.629. The molecule has 2 aliphatic rings. The topological polar surface area (TPSA) is 85.2 Å². The van der Waals surface area contributed by atoms with Crippen molar-refractivity contribution in [2.24, 2.45) is 0 Å². The monoisotopic (exact) mass is 428 g/mol. The molecule has 3 aromatic rings. The molecule has 0 radical (unpaired) electrons. The standard InChI is InChI=1S/C24H24N6O2/c1-3-14-32-18-8-6-17(7-9-18)19-15-22(31)25-24-23(19)16(2)28-30(24)21-11-10-20(26-27-21)29-12-4-5-13-29/h1,6-11,19H,4-5,12-15H2,2H3,(H,25,31)/t19-/m1/s1. The van der Waals surface area contributed by atoms with Crippen molar-refractivity contribution in [3.05, 3.63) is 53.2 Å². The molecule has 1 aromatic carbocycles. The molecule has 8 nitrogen and oxygen atoms in total. The molecule has 2 aromatic heterocycles. The molecule has 5 rings (SSSR count). The number of hydrogen-bond donors (Lipinski definition) is 1. The molecule has 1 fully saturated rings. The highest BCUT2D eigenvalue weighted by molar-refractivity contribution is 5.95. The molecule has 1 atom stereocenters. The Balaban J connectivity index is 1.47. The van der Waals surface area contributed by atoms with E-state index in [0.717, 1.165) is 35.7 Å². The number of amides is 1. The Morgan fingerprint density at radius 2 is 1.84 bits per heavy atom. The van der Waals surface area contributed by atoms with E-state index in [0.29, 0.717) is 23.8 Å². The molecule has 2 aliphatic heterocycles. The fourth-order valence-electron chi connectivity index (χ4n) is 4.47. The first-order chi connectivity index (χ1) is 15.6. The van der Waals surface area contributed by atoms with Gasteiger partial charge in [0.2, 0.25) is 5.91 Å². The first-order valence-corrected chi connectivity index (χ1v) is 10.8. The van der Waals surface area contributed by atoms with Gasteiger partial charge < -0.3 is 15.0 Å². The van der Waals surface area contributed by atoms with Crippen molar-refractivity contribution in [3.63, 3.8) is 0 Å². The van der Waals surface area contributed by atoms with Crippen LogP contribution < -0.4 is 15.0 Å². The minimum atomic E-state index is -0.106. The average molecular weight is 428 g/mol. The van der Waals surface area contributed by atoms with Crippen molar-refractivity contribution in [2.45, 2.75) is 32.1 Å². The van der Waals surface area contributed by atoms with Crippen LogP contribution >= 0.6 is 0 Å². The van der Waals surface area contributed by atoms with Crippen LogP contribution in [-0.4, -0.2) is 45.6 Å². The smallest absolute Gasteiger partial charge is 0.226 e. The van der Waals surface area contributed by atoms with Gasteiger partial charge in [-0.2, -0.15) is 9.78 Å². The Morgan fingerprint density at radius 1 is 1.12 bits per heavy atom. The Labute approximate surface area is 186 Å². The van der Waals surface area contributed by atoms with Crippen molar-refractivity contribution >= 4 is 17.5 Å². The first-order valence-electron chi connectivity index (χ1n) is 10.8. The third kappa shape index (κ3) is 3.66. The maximum atomic E-state index is 12.6. The molecule has 1 saturated heterocycles. The summed E-state index contributed by atoms with van der Waals surface area (Å²) in [5.74, 6) is 5.10. The Morgan fingerprint density at radius 3 is 2.53 bits per heavy atom. The fourth-order valence-corrected chi connectivity index (χ4v) is 4.47. The van der Waals surface area contributed by atoms with Crippen LogP contribution in [0.15, 0.2) is 36.4 Å². The number of ether oxygens (including phenoxy) is 1. The van der Waals surface area contributed by atoms with Crippen LogP contribution in [0.4, 0.5) is 11.6 Å². The van der Waals surface area contributed by atoms with E-state index in [2.05, 4.69) is 26.3 Å². The molecule has 0 spiro atoms. The molecule has 0 saturated carbocycles. The van der Waals surface area contributed by atoms with Crippen LogP contribution in [0.2, 0.25) is 0 Å². The van der Waals surface area contributed by atoms with Crippen LogP contribution in [0.3, 0.4) is 0 Å². The number of hydrogen-bond acceptors (Lipinski definition) is 6. The predicted molar refractivity (Wildman–Crippen MR) is 121 cm³/mol. The van der Waals surface area contributed by atoms with Gasteiger partial charge in [-0.1, -0.05) is 18.1 Å². The maximum Gasteiger partial charge on any atom is 0.226 e. The minimum Gasteiger partial charge on any atom is -0.481 e. The lowest BCUT2D eigenvalue weighted by atomic mass is 9.86. The van der Waals surface area contributed by atoms with Crippen LogP contribution in [0.1, 0.15) is 42.0 Å². The maximum absolute atomic E-state index is 12.6. The molecule has 162 valence electrons. The summed E-state index contributed by atoms with van der Waals surface area (Å²) in [7, 11) is 0. The molecular formula is C24H24N6O2. The van der Waals surface area contributed by atoms with Gasteiger partial charge >= 0.3 is 0 Å². The van der Waals surface area contributed by atoms with Crippen molar-refractivity contribution in [3.8, 4) is 23.9 Å². The third-order valence-corrected chi connectivity index (χ3v) is 5.99.